The number of aromatic carboxylic acids is 1. The molecule has 2 aliphatic heterocycles. The number of hydrogen-bond acceptors (Lipinski definition) is 7. The molecular formula is C41H50N4O5S2. The Balaban J connectivity index is 0.000000164. The number of carboxylic acids is 1. The predicted molar refractivity (Wildman–Crippen MR) is 214 cm³/mol. The lowest BCUT2D eigenvalue weighted by molar-refractivity contribution is 0.0680. The van der Waals surface area contributed by atoms with Gasteiger partial charge in [0.1, 0.15) is 17.1 Å². The molecule has 0 spiro atoms. The molecule has 11 heteroatoms. The number of carbonyl (C=O) groups excluding carboxylic acids is 1. The van der Waals surface area contributed by atoms with Crippen molar-refractivity contribution in [3.05, 3.63) is 105 Å². The Labute approximate surface area is 314 Å². The predicted octanol–water partition coefficient (Wildman–Crippen LogP) is 9.13. The summed E-state index contributed by atoms with van der Waals surface area (Å²) >= 11 is 3.57. The molecule has 0 aliphatic carbocycles. The van der Waals surface area contributed by atoms with Gasteiger partial charge in [-0.1, -0.05) is 7.43 Å². The van der Waals surface area contributed by atoms with E-state index in [1.807, 2.05) is 46.7 Å². The van der Waals surface area contributed by atoms with Gasteiger partial charge < -0.3 is 34.8 Å². The maximum atomic E-state index is 13.0. The highest BCUT2D eigenvalue weighted by atomic mass is 32.1. The second-order valence-electron chi connectivity index (χ2n) is 13.1. The third-order valence-corrected chi connectivity index (χ3v) is 11.2. The number of nitrogens with zero attached hydrogens (tertiary/aromatic N) is 1. The SMILES string of the molecule is C.COc1cc2[nH]ccc2cc1C(=O)N1CCC(Cc2ccsc2)CC1.COc1cc2[nH]ccc2cc1C(=O)O.c1cc(CC2CCNCC2)cs1. The highest BCUT2D eigenvalue weighted by Crippen LogP contribution is 2.29. The summed E-state index contributed by atoms with van der Waals surface area (Å²) < 4.78 is 10.4. The van der Waals surface area contributed by atoms with Gasteiger partial charge in [0.25, 0.3) is 5.91 Å². The van der Waals surface area contributed by atoms with E-state index in [2.05, 4.69) is 48.9 Å². The van der Waals surface area contributed by atoms with Gasteiger partial charge in [-0.05, 0) is 132 Å². The van der Waals surface area contributed by atoms with E-state index < -0.39 is 5.97 Å². The van der Waals surface area contributed by atoms with Crippen LogP contribution in [0.1, 0.15) is 65.0 Å². The van der Waals surface area contributed by atoms with Crippen molar-refractivity contribution in [1.29, 1.82) is 0 Å². The van der Waals surface area contributed by atoms with E-state index in [1.54, 1.807) is 36.8 Å². The maximum Gasteiger partial charge on any atom is 0.339 e. The van der Waals surface area contributed by atoms with Crippen molar-refractivity contribution in [2.45, 2.75) is 46.0 Å². The first-order chi connectivity index (χ1) is 24.9. The second-order valence-corrected chi connectivity index (χ2v) is 14.7. The summed E-state index contributed by atoms with van der Waals surface area (Å²) in [5, 5.41) is 23.0. The quantitative estimate of drug-likeness (QED) is 0.124. The number of carbonyl (C=O) groups is 2. The molecule has 2 aliphatic rings. The molecule has 0 unspecified atom stereocenters. The van der Waals surface area contributed by atoms with Crippen molar-refractivity contribution >= 4 is 56.4 Å². The number of hydrogen-bond donors (Lipinski definition) is 4. The highest BCUT2D eigenvalue weighted by molar-refractivity contribution is 7.08. The van der Waals surface area contributed by atoms with Gasteiger partial charge in [-0.3, -0.25) is 4.79 Å². The molecular weight excluding hydrogens is 693 g/mol. The zero-order valence-electron chi connectivity index (χ0n) is 29.2. The molecule has 2 aromatic carbocycles. The van der Waals surface area contributed by atoms with Crippen molar-refractivity contribution in [1.82, 2.24) is 20.2 Å². The normalized spacial score (nSPS) is 14.8. The Morgan fingerprint density at radius 3 is 1.73 bits per heavy atom. The van der Waals surface area contributed by atoms with Crippen LogP contribution in [0, 0.1) is 11.8 Å². The Kier molecular flexibility index (Phi) is 14.0. The number of aromatic nitrogens is 2. The first kappa shape index (κ1) is 38.6. The molecule has 9 nitrogen and oxygen atoms in total. The van der Waals surface area contributed by atoms with Gasteiger partial charge in [-0.2, -0.15) is 22.7 Å². The van der Waals surface area contributed by atoms with Crippen molar-refractivity contribution in [2.75, 3.05) is 40.4 Å². The molecule has 0 radical (unpaired) electrons. The fraction of sp³-hybridized carbons (Fsp3) is 0.366. The van der Waals surface area contributed by atoms with Crippen molar-refractivity contribution in [2.24, 2.45) is 11.8 Å². The van der Waals surface area contributed by atoms with Crippen LogP contribution in [0.4, 0.5) is 0 Å². The molecule has 8 rings (SSSR count). The zero-order chi connectivity index (χ0) is 35.6. The van der Waals surface area contributed by atoms with Gasteiger partial charge in [-0.25, -0.2) is 4.79 Å². The van der Waals surface area contributed by atoms with Crippen LogP contribution < -0.4 is 14.8 Å². The summed E-state index contributed by atoms with van der Waals surface area (Å²) in [5.41, 5.74) is 5.65. The number of likely N-dealkylation sites (tertiary alicyclic amines) is 1. The smallest absolute Gasteiger partial charge is 0.339 e. The van der Waals surface area contributed by atoms with Gasteiger partial charge in [-0.15, -0.1) is 0 Å². The third kappa shape index (κ3) is 9.84. The molecule has 276 valence electrons. The van der Waals surface area contributed by atoms with Crippen molar-refractivity contribution in [3.8, 4) is 11.5 Å². The Morgan fingerprint density at radius 1 is 0.750 bits per heavy atom. The van der Waals surface area contributed by atoms with E-state index in [1.165, 1.54) is 50.6 Å². The standard InChI is InChI=1S/C20H22N2O2S.C10H9NO3.C10H15NS.CH4/c1-24-19-12-18-16(2-6-21-18)11-17(19)20(23)22-7-3-14(4-8-22)10-15-5-9-25-13-15;1-14-9-5-8-6(2-3-11-8)4-7(9)10(12)13;1-4-11-5-2-9(1)7-10-3-6-12-8-10;/h2,5-6,9,11-14,21H,3-4,7-8,10H2,1H3;2-5,11H,1H3,(H,12,13);3,6,8-9,11H,1-2,4-5,7H2;1H4. The van der Waals surface area contributed by atoms with Crippen LogP contribution in [-0.2, 0) is 12.8 Å². The van der Waals surface area contributed by atoms with Gasteiger partial charge in [0.2, 0.25) is 0 Å². The summed E-state index contributed by atoms with van der Waals surface area (Å²) in [5.74, 6) is 1.71. The number of ether oxygens (including phenoxy) is 2. The average molecular weight is 743 g/mol. The summed E-state index contributed by atoms with van der Waals surface area (Å²) in [6.45, 7) is 4.08. The first-order valence-corrected chi connectivity index (χ1v) is 19.4. The molecule has 4 N–H and O–H groups in total. The molecule has 2 fully saturated rings. The van der Waals surface area contributed by atoms with Crippen LogP contribution in [0.25, 0.3) is 21.8 Å². The van der Waals surface area contributed by atoms with E-state index in [0.717, 1.165) is 60.1 Å². The number of amides is 1. The summed E-state index contributed by atoms with van der Waals surface area (Å²) in [6.07, 6.45) is 10.9. The molecule has 52 heavy (non-hydrogen) atoms. The number of methoxy groups -OCH3 is 2. The topological polar surface area (TPSA) is 120 Å². The number of thiophene rings is 2. The zero-order valence-corrected chi connectivity index (χ0v) is 30.8. The lowest BCUT2D eigenvalue weighted by Crippen LogP contribution is -2.39. The molecule has 1 amide bonds. The van der Waals surface area contributed by atoms with E-state index in [0.29, 0.717) is 23.0 Å². The minimum Gasteiger partial charge on any atom is -0.496 e. The maximum absolute atomic E-state index is 13.0. The summed E-state index contributed by atoms with van der Waals surface area (Å²) in [4.78, 5) is 32.0. The minimum atomic E-state index is -0.982. The molecule has 0 atom stereocenters. The number of aromatic amines is 2. The number of nitrogens with one attached hydrogen (secondary N) is 3. The average Bonchev–Trinajstić information content (AvgIpc) is 4.00. The Hall–Kier alpha value is -4.58. The van der Waals surface area contributed by atoms with Crippen LogP contribution in [0.2, 0.25) is 0 Å². The fourth-order valence-corrected chi connectivity index (χ4v) is 8.28. The number of H-pyrrole nitrogens is 2. The summed E-state index contributed by atoms with van der Waals surface area (Å²) in [6, 6.07) is 15.4. The van der Waals surface area contributed by atoms with E-state index in [-0.39, 0.29) is 18.9 Å². The van der Waals surface area contributed by atoms with E-state index in [4.69, 9.17) is 14.6 Å². The van der Waals surface area contributed by atoms with Gasteiger partial charge in [0, 0.05) is 59.4 Å². The van der Waals surface area contributed by atoms with Gasteiger partial charge in [0.05, 0.1) is 19.8 Å². The fourth-order valence-electron chi connectivity index (χ4n) is 6.91. The number of piperidine rings is 2. The Bertz CT molecular complexity index is 1990. The monoisotopic (exact) mass is 742 g/mol. The molecule has 4 aromatic heterocycles. The van der Waals surface area contributed by atoms with Crippen LogP contribution in [0.15, 0.2) is 82.4 Å². The summed E-state index contributed by atoms with van der Waals surface area (Å²) in [7, 11) is 3.07. The molecule has 2 saturated heterocycles. The highest BCUT2D eigenvalue weighted by Gasteiger charge is 2.26. The number of benzene rings is 2. The van der Waals surface area contributed by atoms with E-state index in [9.17, 15) is 9.59 Å². The lowest BCUT2D eigenvalue weighted by Gasteiger charge is -2.32. The lowest BCUT2D eigenvalue weighted by atomic mass is 9.91. The number of carboxylic acid groups (broad SMARTS) is 1. The minimum absolute atomic E-state index is 0. The van der Waals surface area contributed by atoms with Crippen LogP contribution in [0.5, 0.6) is 11.5 Å². The third-order valence-electron chi connectivity index (χ3n) is 9.78. The first-order valence-electron chi connectivity index (χ1n) is 17.5. The van der Waals surface area contributed by atoms with Crippen LogP contribution in [0.3, 0.4) is 0 Å². The van der Waals surface area contributed by atoms with Gasteiger partial charge in [0.15, 0.2) is 0 Å². The van der Waals surface area contributed by atoms with Crippen molar-refractivity contribution in [3.63, 3.8) is 0 Å². The van der Waals surface area contributed by atoms with Crippen LogP contribution >= 0.6 is 22.7 Å². The van der Waals surface area contributed by atoms with E-state index >= 15 is 0 Å². The molecule has 6 heterocycles. The number of fused-ring (bicyclic) bond motifs is 2. The van der Waals surface area contributed by atoms with Crippen molar-refractivity contribution < 1.29 is 24.2 Å². The number of rotatable bonds is 8. The van der Waals surface area contributed by atoms with Gasteiger partial charge >= 0.3 is 5.97 Å². The molecule has 0 bridgehead atoms. The Morgan fingerprint density at radius 2 is 1.25 bits per heavy atom. The van der Waals surface area contributed by atoms with Crippen LogP contribution in [-0.4, -0.2) is 72.2 Å². The molecule has 0 saturated carbocycles. The largest absolute Gasteiger partial charge is 0.496 e. The second kappa shape index (κ2) is 18.8. The molecule has 6 aromatic rings.